The molecule has 8 heteroatoms. The van der Waals surface area contributed by atoms with Crippen molar-refractivity contribution < 1.29 is 17.5 Å². The highest BCUT2D eigenvalue weighted by atomic mass is 32.2. The van der Waals surface area contributed by atoms with Crippen LogP contribution < -0.4 is 10.0 Å². The van der Waals surface area contributed by atoms with E-state index in [9.17, 15) is 12.8 Å². The molecule has 2 rings (SSSR count). The number of sulfonamides is 1. The molecule has 2 N–H and O–H groups in total. The largest absolute Gasteiger partial charge is 0.385 e. The molecule has 1 aromatic carbocycles. The van der Waals surface area contributed by atoms with Crippen LogP contribution in [0.1, 0.15) is 6.42 Å². The lowest BCUT2D eigenvalue weighted by Crippen LogP contribution is -2.40. The van der Waals surface area contributed by atoms with Crippen LogP contribution in [0.3, 0.4) is 0 Å². The van der Waals surface area contributed by atoms with Gasteiger partial charge in [0.1, 0.15) is 10.7 Å². The van der Waals surface area contributed by atoms with Crippen molar-refractivity contribution in [1.82, 2.24) is 4.72 Å². The first-order chi connectivity index (χ1) is 9.03. The zero-order chi connectivity index (χ0) is 13.9. The van der Waals surface area contributed by atoms with Gasteiger partial charge in [-0.3, -0.25) is 4.99 Å². The van der Waals surface area contributed by atoms with Gasteiger partial charge in [0.05, 0.1) is 5.69 Å². The molecule has 1 aromatic rings. The van der Waals surface area contributed by atoms with Gasteiger partial charge in [-0.1, -0.05) is 0 Å². The van der Waals surface area contributed by atoms with Crippen LogP contribution >= 0.6 is 0 Å². The van der Waals surface area contributed by atoms with Crippen LogP contribution in [0.4, 0.5) is 10.1 Å². The number of hydrogen-bond acceptors (Lipinski definition) is 4. The molecule has 6 nitrogen and oxygen atoms in total. The molecule has 0 amide bonds. The number of aliphatic imine (C=N–C) groups is 1. The van der Waals surface area contributed by atoms with Crippen molar-refractivity contribution in [2.45, 2.75) is 11.3 Å². The maximum absolute atomic E-state index is 13.1. The van der Waals surface area contributed by atoms with E-state index in [1.807, 2.05) is 0 Å². The minimum atomic E-state index is -3.77. The Balaban J connectivity index is 2.21. The molecule has 0 saturated carbocycles. The number of methoxy groups -OCH3 is 1. The Hall–Kier alpha value is -1.67. The number of ether oxygens (including phenoxy) is 1. The Labute approximate surface area is 110 Å². The van der Waals surface area contributed by atoms with Crippen molar-refractivity contribution in [2.75, 3.05) is 25.6 Å². The van der Waals surface area contributed by atoms with E-state index in [1.165, 1.54) is 12.1 Å². The molecular weight excluding hydrogens is 273 g/mol. The van der Waals surface area contributed by atoms with Gasteiger partial charge in [0.15, 0.2) is 0 Å². The maximum Gasteiger partial charge on any atom is 0.266 e. The van der Waals surface area contributed by atoms with Gasteiger partial charge in [0.2, 0.25) is 5.96 Å². The summed E-state index contributed by atoms with van der Waals surface area (Å²) in [6.07, 6.45) is 0.680. The lowest BCUT2D eigenvalue weighted by Gasteiger charge is -2.21. The number of fused-ring (bicyclic) bond motifs is 1. The van der Waals surface area contributed by atoms with Gasteiger partial charge in [-0.25, -0.2) is 17.5 Å². The summed E-state index contributed by atoms with van der Waals surface area (Å²) >= 11 is 0. The Morgan fingerprint density at radius 2 is 2.21 bits per heavy atom. The van der Waals surface area contributed by atoms with E-state index in [2.05, 4.69) is 15.0 Å². The van der Waals surface area contributed by atoms with E-state index >= 15 is 0 Å². The molecule has 1 aliphatic rings. The fourth-order valence-corrected chi connectivity index (χ4v) is 2.79. The average molecular weight is 287 g/mol. The lowest BCUT2D eigenvalue weighted by molar-refractivity contribution is 0.197. The minimum absolute atomic E-state index is 0.122. The highest BCUT2D eigenvalue weighted by molar-refractivity contribution is 7.90. The smallest absolute Gasteiger partial charge is 0.266 e. The molecule has 0 unspecified atom stereocenters. The van der Waals surface area contributed by atoms with E-state index in [1.54, 1.807) is 7.11 Å². The van der Waals surface area contributed by atoms with E-state index in [4.69, 9.17) is 4.74 Å². The minimum Gasteiger partial charge on any atom is -0.385 e. The summed E-state index contributed by atoms with van der Waals surface area (Å²) in [5.74, 6) is -0.471. The molecule has 0 aliphatic carbocycles. The number of halogens is 1. The third kappa shape index (κ3) is 3.21. The van der Waals surface area contributed by atoms with Gasteiger partial charge >= 0.3 is 0 Å². The second kappa shape index (κ2) is 5.54. The van der Waals surface area contributed by atoms with Crippen LogP contribution in [0.15, 0.2) is 28.1 Å². The highest BCUT2D eigenvalue weighted by Crippen LogP contribution is 2.25. The molecule has 1 aliphatic heterocycles. The predicted molar refractivity (Wildman–Crippen MR) is 69.1 cm³/mol. The van der Waals surface area contributed by atoms with Gasteiger partial charge in [0.25, 0.3) is 10.0 Å². The fraction of sp³-hybridized carbons (Fsp3) is 0.364. The zero-order valence-electron chi connectivity index (χ0n) is 10.3. The van der Waals surface area contributed by atoms with Gasteiger partial charge in [-0.15, -0.1) is 0 Å². The number of nitrogens with zero attached hydrogens (tertiary/aromatic N) is 1. The molecule has 0 spiro atoms. The van der Waals surface area contributed by atoms with Crippen LogP contribution in [0, 0.1) is 5.82 Å². The van der Waals surface area contributed by atoms with Gasteiger partial charge in [-0.05, 0) is 24.6 Å². The maximum atomic E-state index is 13.1. The fourth-order valence-electron chi connectivity index (χ4n) is 1.63. The van der Waals surface area contributed by atoms with Crippen molar-refractivity contribution in [3.05, 3.63) is 24.0 Å². The van der Waals surface area contributed by atoms with E-state index in [-0.39, 0.29) is 10.9 Å². The highest BCUT2D eigenvalue weighted by Gasteiger charge is 2.26. The first-order valence-electron chi connectivity index (χ1n) is 5.66. The summed E-state index contributed by atoms with van der Waals surface area (Å²) in [6.45, 7) is 0.973. The van der Waals surface area contributed by atoms with Crippen molar-refractivity contribution in [3.63, 3.8) is 0 Å². The van der Waals surface area contributed by atoms with E-state index < -0.39 is 15.8 Å². The van der Waals surface area contributed by atoms with Crippen LogP contribution in [0.2, 0.25) is 0 Å². The number of benzene rings is 1. The van der Waals surface area contributed by atoms with Crippen LogP contribution in [0.25, 0.3) is 0 Å². The molecule has 0 radical (unpaired) electrons. The molecule has 0 saturated heterocycles. The van der Waals surface area contributed by atoms with E-state index in [0.717, 1.165) is 6.07 Å². The van der Waals surface area contributed by atoms with Crippen LogP contribution in [-0.2, 0) is 14.8 Å². The van der Waals surface area contributed by atoms with Gasteiger partial charge < -0.3 is 10.1 Å². The van der Waals surface area contributed by atoms with Gasteiger partial charge in [-0.2, -0.15) is 0 Å². The number of rotatable bonds is 4. The van der Waals surface area contributed by atoms with Crippen molar-refractivity contribution in [1.29, 1.82) is 0 Å². The van der Waals surface area contributed by atoms with Gasteiger partial charge in [0, 0.05) is 20.3 Å². The summed E-state index contributed by atoms with van der Waals surface area (Å²) < 4.78 is 44.0. The first-order valence-corrected chi connectivity index (χ1v) is 7.14. The second-order valence-corrected chi connectivity index (χ2v) is 5.60. The average Bonchev–Trinajstić information content (AvgIpc) is 2.35. The Kier molecular flexibility index (Phi) is 4.01. The van der Waals surface area contributed by atoms with Crippen LogP contribution in [0.5, 0.6) is 0 Å². The normalized spacial score (nSPS) is 18.5. The number of guanidine groups is 1. The Bertz CT molecular complexity index is 601. The second-order valence-electron chi connectivity index (χ2n) is 3.95. The summed E-state index contributed by atoms with van der Waals surface area (Å²) in [4.78, 5) is 3.96. The van der Waals surface area contributed by atoms with Crippen molar-refractivity contribution >= 4 is 21.7 Å². The van der Waals surface area contributed by atoms with E-state index in [0.29, 0.717) is 25.3 Å². The monoisotopic (exact) mass is 287 g/mol. The quantitative estimate of drug-likeness (QED) is 0.807. The van der Waals surface area contributed by atoms with Crippen LogP contribution in [-0.4, -0.2) is 34.6 Å². The number of hydrogen-bond donors (Lipinski definition) is 2. The topological polar surface area (TPSA) is 79.8 Å². The third-order valence-electron chi connectivity index (χ3n) is 2.49. The first kappa shape index (κ1) is 13.8. The molecule has 19 heavy (non-hydrogen) atoms. The Morgan fingerprint density at radius 3 is 2.95 bits per heavy atom. The number of anilines is 1. The summed E-state index contributed by atoms with van der Waals surface area (Å²) in [6, 6.07) is 3.52. The Morgan fingerprint density at radius 1 is 1.42 bits per heavy atom. The SMILES string of the molecule is COCCCN=C1Nc2ccc(F)cc2S(=O)(=O)N1. The molecule has 0 bridgehead atoms. The summed E-state index contributed by atoms with van der Waals surface area (Å²) in [5.41, 5.74) is 0.311. The molecule has 0 atom stereocenters. The van der Waals surface area contributed by atoms with Crippen molar-refractivity contribution in [3.8, 4) is 0 Å². The summed E-state index contributed by atoms with van der Waals surface area (Å²) in [7, 11) is -2.19. The molecule has 1 heterocycles. The standard InChI is InChI=1S/C11H14FN3O3S/c1-18-6-2-5-13-11-14-9-4-3-8(12)7-10(9)19(16,17)15-11/h3-4,7H,2,5-6H2,1H3,(H2,13,14,15). The zero-order valence-corrected chi connectivity index (χ0v) is 11.1. The molecular formula is C11H14FN3O3S. The molecule has 0 aromatic heterocycles. The molecule has 0 fully saturated rings. The molecule has 104 valence electrons. The predicted octanol–water partition coefficient (Wildman–Crippen LogP) is 0.922. The number of nitrogens with one attached hydrogen (secondary N) is 2. The lowest BCUT2D eigenvalue weighted by atomic mass is 10.3. The van der Waals surface area contributed by atoms with Crippen molar-refractivity contribution in [2.24, 2.45) is 4.99 Å². The summed E-state index contributed by atoms with van der Waals surface area (Å²) in [5, 5.41) is 2.81. The third-order valence-corrected chi connectivity index (χ3v) is 3.87.